The van der Waals surface area contributed by atoms with Gasteiger partial charge in [-0.3, -0.25) is 9.59 Å². The van der Waals surface area contributed by atoms with Crippen LogP contribution in [-0.2, 0) is 11.2 Å². The highest BCUT2D eigenvalue weighted by Gasteiger charge is 2.47. The molecule has 0 aromatic heterocycles. The largest absolute Gasteiger partial charge is 0.491 e. The Bertz CT molecular complexity index is 910. The van der Waals surface area contributed by atoms with Gasteiger partial charge in [-0.15, -0.1) is 0 Å². The van der Waals surface area contributed by atoms with Gasteiger partial charge in [-0.1, -0.05) is 43.2 Å². The highest BCUT2D eigenvalue weighted by molar-refractivity contribution is 5.98. The summed E-state index contributed by atoms with van der Waals surface area (Å²) >= 11 is 0. The number of rotatable bonds is 7. The molecule has 3 atom stereocenters. The Kier molecular flexibility index (Phi) is 7.13. The van der Waals surface area contributed by atoms with Gasteiger partial charge in [-0.25, -0.2) is 0 Å². The third-order valence-corrected chi connectivity index (χ3v) is 6.65. The zero-order valence-electron chi connectivity index (χ0n) is 19.1. The number of nitrogens with one attached hydrogen (secondary N) is 1. The van der Waals surface area contributed by atoms with Crippen LogP contribution < -0.4 is 10.1 Å². The molecule has 5 heteroatoms. The van der Waals surface area contributed by atoms with Gasteiger partial charge in [0, 0.05) is 18.2 Å². The van der Waals surface area contributed by atoms with Crippen LogP contribution in [0.15, 0.2) is 54.6 Å². The number of carbonyl (C=O) groups is 2. The molecule has 2 aliphatic rings. The highest BCUT2D eigenvalue weighted by Crippen LogP contribution is 2.40. The summed E-state index contributed by atoms with van der Waals surface area (Å²) in [7, 11) is 0. The van der Waals surface area contributed by atoms with Gasteiger partial charge in [0.05, 0.1) is 6.10 Å². The Morgan fingerprint density at radius 3 is 2.47 bits per heavy atom. The van der Waals surface area contributed by atoms with Crippen LogP contribution in [0.4, 0.5) is 0 Å². The van der Waals surface area contributed by atoms with Crippen molar-refractivity contribution in [2.75, 3.05) is 6.54 Å². The molecule has 4 rings (SSSR count). The van der Waals surface area contributed by atoms with Crippen LogP contribution in [-0.4, -0.2) is 41.4 Å². The van der Waals surface area contributed by atoms with Crippen molar-refractivity contribution in [2.24, 2.45) is 5.92 Å². The van der Waals surface area contributed by atoms with Crippen molar-refractivity contribution in [3.8, 4) is 5.75 Å². The van der Waals surface area contributed by atoms with Gasteiger partial charge in [0.15, 0.2) is 0 Å². The van der Waals surface area contributed by atoms with Crippen molar-refractivity contribution in [2.45, 2.75) is 70.6 Å². The van der Waals surface area contributed by atoms with Gasteiger partial charge in [0.25, 0.3) is 5.91 Å². The smallest absolute Gasteiger partial charge is 0.254 e. The van der Waals surface area contributed by atoms with E-state index in [0.29, 0.717) is 18.0 Å². The van der Waals surface area contributed by atoms with Crippen molar-refractivity contribution in [1.82, 2.24) is 10.2 Å². The van der Waals surface area contributed by atoms with Crippen molar-refractivity contribution in [1.29, 1.82) is 0 Å². The van der Waals surface area contributed by atoms with Crippen molar-refractivity contribution in [3.05, 3.63) is 65.7 Å². The maximum Gasteiger partial charge on any atom is 0.254 e. The van der Waals surface area contributed by atoms with Gasteiger partial charge < -0.3 is 15.0 Å². The Hall–Kier alpha value is -2.82. The second-order valence-electron chi connectivity index (χ2n) is 9.29. The lowest BCUT2D eigenvalue weighted by atomic mass is 9.84. The first-order valence-corrected chi connectivity index (χ1v) is 11.9. The normalized spacial score (nSPS) is 22.5. The molecule has 0 bridgehead atoms. The number of amides is 2. The van der Waals surface area contributed by atoms with Gasteiger partial charge in [0.2, 0.25) is 5.91 Å². The summed E-state index contributed by atoms with van der Waals surface area (Å²) < 4.78 is 5.69. The van der Waals surface area contributed by atoms with E-state index in [9.17, 15) is 9.59 Å². The summed E-state index contributed by atoms with van der Waals surface area (Å²) in [6.45, 7) is 4.57. The summed E-state index contributed by atoms with van der Waals surface area (Å²) in [4.78, 5) is 28.4. The standard InChI is InChI=1S/C27H34N2O3/c1-19(2)32-23-14-12-20(13-15-23)16-17-28-26(30)25-18-22-10-6-7-11-24(22)29(25)27(31)21-8-4-3-5-9-21/h3-5,8-9,12-15,19,22,24-25H,6-7,10-11,16-18H2,1-2H3,(H,28,30). The number of benzene rings is 2. The summed E-state index contributed by atoms with van der Waals surface area (Å²) in [6.07, 6.45) is 6.10. The SMILES string of the molecule is CC(C)Oc1ccc(CCNC(=O)C2CC3CCCCC3N2C(=O)c2ccccc2)cc1. The zero-order chi connectivity index (χ0) is 22.5. The Labute approximate surface area is 191 Å². The second-order valence-corrected chi connectivity index (χ2v) is 9.29. The van der Waals surface area contributed by atoms with Crippen molar-refractivity contribution >= 4 is 11.8 Å². The van der Waals surface area contributed by atoms with Crippen LogP contribution in [0.2, 0.25) is 0 Å². The molecule has 5 nitrogen and oxygen atoms in total. The molecule has 1 saturated heterocycles. The number of nitrogens with zero attached hydrogens (tertiary/aromatic N) is 1. The lowest BCUT2D eigenvalue weighted by molar-refractivity contribution is -0.125. The van der Waals surface area contributed by atoms with E-state index >= 15 is 0 Å². The zero-order valence-corrected chi connectivity index (χ0v) is 19.1. The van der Waals surface area contributed by atoms with E-state index in [1.165, 1.54) is 6.42 Å². The highest BCUT2D eigenvalue weighted by atomic mass is 16.5. The fourth-order valence-electron chi connectivity index (χ4n) is 5.17. The monoisotopic (exact) mass is 434 g/mol. The van der Waals surface area contributed by atoms with E-state index in [1.807, 2.05) is 73.3 Å². The van der Waals surface area contributed by atoms with E-state index in [0.717, 1.165) is 43.4 Å². The molecule has 1 saturated carbocycles. The van der Waals surface area contributed by atoms with Crippen LogP contribution in [0.1, 0.15) is 61.9 Å². The third-order valence-electron chi connectivity index (χ3n) is 6.65. The Morgan fingerprint density at radius 1 is 1.03 bits per heavy atom. The van der Waals surface area contributed by atoms with Crippen molar-refractivity contribution < 1.29 is 14.3 Å². The van der Waals surface area contributed by atoms with E-state index in [4.69, 9.17) is 4.74 Å². The van der Waals surface area contributed by atoms with Crippen LogP contribution in [0.25, 0.3) is 0 Å². The van der Waals surface area contributed by atoms with Gasteiger partial charge >= 0.3 is 0 Å². The third kappa shape index (κ3) is 5.14. The van der Waals surface area contributed by atoms with Gasteiger partial charge in [0.1, 0.15) is 11.8 Å². The number of hydrogen-bond acceptors (Lipinski definition) is 3. The first-order chi connectivity index (χ1) is 15.5. The Balaban J connectivity index is 1.39. The molecule has 1 aliphatic heterocycles. The summed E-state index contributed by atoms with van der Waals surface area (Å²) in [5.74, 6) is 1.25. The molecule has 0 radical (unpaired) electrons. The summed E-state index contributed by atoms with van der Waals surface area (Å²) in [6, 6.07) is 17.2. The molecular weight excluding hydrogens is 400 g/mol. The lowest BCUT2D eigenvalue weighted by Gasteiger charge is -2.33. The predicted octanol–water partition coefficient (Wildman–Crippen LogP) is 4.61. The first kappa shape index (κ1) is 22.4. The summed E-state index contributed by atoms with van der Waals surface area (Å²) in [5.41, 5.74) is 1.82. The second kappa shape index (κ2) is 10.2. The van der Waals surface area contributed by atoms with E-state index in [2.05, 4.69) is 5.32 Å². The van der Waals surface area contributed by atoms with Gasteiger partial charge in [-0.2, -0.15) is 0 Å². The maximum atomic E-state index is 13.4. The first-order valence-electron chi connectivity index (χ1n) is 11.9. The lowest BCUT2D eigenvalue weighted by Crippen LogP contribution is -2.49. The minimum Gasteiger partial charge on any atom is -0.491 e. The van der Waals surface area contributed by atoms with Crippen LogP contribution in [0.3, 0.4) is 0 Å². The van der Waals surface area contributed by atoms with E-state index in [-0.39, 0.29) is 30.0 Å². The summed E-state index contributed by atoms with van der Waals surface area (Å²) in [5, 5.41) is 3.10. The fraction of sp³-hybridized carbons (Fsp3) is 0.481. The van der Waals surface area contributed by atoms with Gasteiger partial charge in [-0.05, 0) is 75.3 Å². The molecule has 1 aliphatic carbocycles. The molecule has 3 unspecified atom stereocenters. The van der Waals surface area contributed by atoms with E-state index < -0.39 is 0 Å². The van der Waals surface area contributed by atoms with Crippen LogP contribution in [0, 0.1) is 5.92 Å². The minimum absolute atomic E-state index is 0.0131. The quantitative estimate of drug-likeness (QED) is 0.693. The van der Waals surface area contributed by atoms with Crippen LogP contribution in [0.5, 0.6) is 5.75 Å². The minimum atomic E-state index is -0.377. The predicted molar refractivity (Wildman–Crippen MR) is 126 cm³/mol. The molecule has 2 aromatic carbocycles. The molecule has 2 fully saturated rings. The molecule has 170 valence electrons. The molecule has 0 spiro atoms. The number of likely N-dealkylation sites (tertiary alicyclic amines) is 1. The van der Waals surface area contributed by atoms with Crippen LogP contribution >= 0.6 is 0 Å². The number of hydrogen-bond donors (Lipinski definition) is 1. The molecule has 2 amide bonds. The molecule has 32 heavy (non-hydrogen) atoms. The maximum absolute atomic E-state index is 13.4. The fourth-order valence-corrected chi connectivity index (χ4v) is 5.17. The number of ether oxygens (including phenoxy) is 1. The number of fused-ring (bicyclic) bond motifs is 1. The average molecular weight is 435 g/mol. The van der Waals surface area contributed by atoms with Crippen molar-refractivity contribution in [3.63, 3.8) is 0 Å². The Morgan fingerprint density at radius 2 is 1.75 bits per heavy atom. The number of carbonyl (C=O) groups excluding carboxylic acids is 2. The molecule has 1 N–H and O–H groups in total. The molecular formula is C27H34N2O3. The topological polar surface area (TPSA) is 58.6 Å². The van der Waals surface area contributed by atoms with E-state index in [1.54, 1.807) is 0 Å². The average Bonchev–Trinajstić information content (AvgIpc) is 3.19. The molecule has 2 aromatic rings. The molecule has 1 heterocycles.